The summed E-state index contributed by atoms with van der Waals surface area (Å²) in [6.07, 6.45) is 0. The maximum absolute atomic E-state index is 11.2. The van der Waals surface area contributed by atoms with E-state index in [1.165, 1.54) is 11.3 Å². The molecule has 0 aliphatic heterocycles. The van der Waals surface area contributed by atoms with E-state index in [9.17, 15) is 4.79 Å². The van der Waals surface area contributed by atoms with E-state index in [0.717, 1.165) is 20.9 Å². The highest BCUT2D eigenvalue weighted by molar-refractivity contribution is 7.23. The molecule has 0 spiro atoms. The van der Waals surface area contributed by atoms with Crippen molar-refractivity contribution in [1.82, 2.24) is 0 Å². The molecule has 80 valence electrons. The maximum Gasteiger partial charge on any atom is 0.261 e. The molecule has 0 N–H and O–H groups in total. The van der Waals surface area contributed by atoms with Crippen LogP contribution >= 0.6 is 22.9 Å². The molecular weight excluding hydrogens is 250 g/mol. The van der Waals surface area contributed by atoms with Crippen molar-refractivity contribution < 1.29 is 4.79 Å². The molecule has 1 aromatic heterocycles. The predicted octanol–water partition coefficient (Wildman–Crippen LogP) is 3.23. The van der Waals surface area contributed by atoms with Gasteiger partial charge >= 0.3 is 0 Å². The summed E-state index contributed by atoms with van der Waals surface area (Å²) in [6, 6.07) is 12.1. The van der Waals surface area contributed by atoms with Gasteiger partial charge in [0.2, 0.25) is 0 Å². The smallest absolute Gasteiger partial charge is 0.261 e. The molecule has 1 nitrogen and oxygen atoms in total. The quantitative estimate of drug-likeness (QED) is 0.483. The van der Waals surface area contributed by atoms with Gasteiger partial charge in [0.05, 0.1) is 4.88 Å². The van der Waals surface area contributed by atoms with Crippen molar-refractivity contribution in [1.29, 1.82) is 0 Å². The Hall–Kier alpha value is -1.32. The molecule has 4 heteroatoms. The van der Waals surface area contributed by atoms with Gasteiger partial charge < -0.3 is 0 Å². The first-order chi connectivity index (χ1) is 8.16. The molecular formula is C13H6BClOS. The van der Waals surface area contributed by atoms with Gasteiger partial charge in [-0.15, -0.1) is 11.3 Å². The number of carbonyl (C=O) groups is 1. The summed E-state index contributed by atoms with van der Waals surface area (Å²) in [6.45, 7) is 0. The van der Waals surface area contributed by atoms with Crippen molar-refractivity contribution in [2.24, 2.45) is 0 Å². The largest absolute Gasteiger partial charge is 0.275 e. The second-order valence-corrected chi connectivity index (χ2v) is 5.21. The second-order valence-electron chi connectivity index (χ2n) is 3.81. The third-order valence-electron chi connectivity index (χ3n) is 2.77. The van der Waals surface area contributed by atoms with Gasteiger partial charge in [-0.2, -0.15) is 0 Å². The highest BCUT2D eigenvalue weighted by Gasteiger charge is 2.13. The van der Waals surface area contributed by atoms with Crippen LogP contribution in [0.15, 0.2) is 36.4 Å². The molecule has 3 aromatic rings. The normalized spacial score (nSPS) is 11.1. The van der Waals surface area contributed by atoms with Gasteiger partial charge in [0.15, 0.2) is 0 Å². The molecule has 1 heterocycles. The highest BCUT2D eigenvalue weighted by atomic mass is 35.5. The SMILES string of the molecule is [B]c1c(C(=O)Cl)sc2cc3ccccc3cc12. The van der Waals surface area contributed by atoms with Gasteiger partial charge in [0.1, 0.15) is 7.85 Å². The lowest BCUT2D eigenvalue weighted by Gasteiger charge is -1.98. The summed E-state index contributed by atoms with van der Waals surface area (Å²) < 4.78 is 0.991. The van der Waals surface area contributed by atoms with Gasteiger partial charge in [-0.05, 0) is 39.9 Å². The third-order valence-corrected chi connectivity index (χ3v) is 4.24. The highest BCUT2D eigenvalue weighted by Crippen LogP contribution is 2.28. The van der Waals surface area contributed by atoms with Crippen LogP contribution in [0.4, 0.5) is 0 Å². The van der Waals surface area contributed by atoms with Crippen LogP contribution in [-0.2, 0) is 0 Å². The molecule has 0 fully saturated rings. The minimum Gasteiger partial charge on any atom is -0.275 e. The Morgan fingerprint density at radius 2 is 1.82 bits per heavy atom. The summed E-state index contributed by atoms with van der Waals surface area (Å²) in [5.74, 6) is 0. The zero-order valence-corrected chi connectivity index (χ0v) is 10.3. The number of rotatable bonds is 1. The Bertz CT molecular complexity index is 748. The monoisotopic (exact) mass is 256 g/mol. The molecule has 2 aromatic carbocycles. The summed E-state index contributed by atoms with van der Waals surface area (Å²) in [7, 11) is 5.94. The Morgan fingerprint density at radius 1 is 1.18 bits per heavy atom. The van der Waals surface area contributed by atoms with Crippen molar-refractivity contribution in [3.8, 4) is 0 Å². The first-order valence-corrected chi connectivity index (χ1v) is 6.27. The average Bonchev–Trinajstić information content (AvgIpc) is 2.64. The fourth-order valence-corrected chi connectivity index (χ4v) is 3.15. The molecule has 17 heavy (non-hydrogen) atoms. The number of thiophene rings is 1. The molecule has 0 atom stereocenters. The Labute approximate surface area is 108 Å². The van der Waals surface area contributed by atoms with E-state index in [1.807, 2.05) is 36.4 Å². The van der Waals surface area contributed by atoms with Gasteiger partial charge in [0.25, 0.3) is 5.24 Å². The molecule has 0 saturated carbocycles. The molecule has 0 unspecified atom stereocenters. The van der Waals surface area contributed by atoms with Crippen LogP contribution in [0, 0.1) is 0 Å². The van der Waals surface area contributed by atoms with Crippen LogP contribution < -0.4 is 5.46 Å². The molecule has 0 aliphatic carbocycles. The maximum atomic E-state index is 11.2. The molecule has 0 saturated heterocycles. The average molecular weight is 257 g/mol. The lowest BCUT2D eigenvalue weighted by atomic mass is 9.92. The first kappa shape index (κ1) is 10.8. The second kappa shape index (κ2) is 3.86. The first-order valence-electron chi connectivity index (χ1n) is 5.07. The van der Waals surface area contributed by atoms with Crippen molar-refractivity contribution in [2.75, 3.05) is 0 Å². The molecule has 2 radical (unpaired) electrons. The minimum atomic E-state index is -0.493. The predicted molar refractivity (Wildman–Crippen MR) is 74.9 cm³/mol. The number of hydrogen-bond donors (Lipinski definition) is 0. The van der Waals surface area contributed by atoms with E-state index < -0.39 is 5.24 Å². The zero-order valence-electron chi connectivity index (χ0n) is 8.74. The van der Waals surface area contributed by atoms with E-state index in [-0.39, 0.29) is 0 Å². The number of carbonyl (C=O) groups excluding carboxylic acids is 1. The lowest BCUT2D eigenvalue weighted by Crippen LogP contribution is -2.07. The van der Waals surface area contributed by atoms with Crippen LogP contribution in [0.25, 0.3) is 20.9 Å². The summed E-state index contributed by atoms with van der Waals surface area (Å²) in [4.78, 5) is 11.7. The summed E-state index contributed by atoms with van der Waals surface area (Å²) in [5, 5.41) is 2.65. The zero-order chi connectivity index (χ0) is 12.0. The van der Waals surface area contributed by atoms with Crippen LogP contribution in [0.2, 0.25) is 0 Å². The van der Waals surface area contributed by atoms with Crippen LogP contribution in [0.1, 0.15) is 9.67 Å². The van der Waals surface area contributed by atoms with Gasteiger partial charge in [-0.25, -0.2) is 0 Å². The van der Waals surface area contributed by atoms with Crippen molar-refractivity contribution >= 4 is 62.3 Å². The summed E-state index contributed by atoms with van der Waals surface area (Å²) in [5.41, 5.74) is 0.482. The standard InChI is InChI=1S/C13H6BClOS/c14-11-9-5-7-3-1-2-4-8(7)6-10(9)17-12(11)13(15)16/h1-6H. The fraction of sp³-hybridized carbons (Fsp3) is 0. The fourth-order valence-electron chi connectivity index (χ4n) is 1.95. The number of fused-ring (bicyclic) bond motifs is 2. The number of halogens is 1. The molecule has 3 rings (SSSR count). The van der Waals surface area contributed by atoms with Crippen molar-refractivity contribution in [3.05, 3.63) is 41.3 Å². The van der Waals surface area contributed by atoms with Crippen LogP contribution in [-0.4, -0.2) is 13.1 Å². The summed E-state index contributed by atoms with van der Waals surface area (Å²) >= 11 is 6.84. The van der Waals surface area contributed by atoms with E-state index in [2.05, 4.69) is 0 Å². The Kier molecular flexibility index (Phi) is 2.46. The van der Waals surface area contributed by atoms with Crippen LogP contribution in [0.3, 0.4) is 0 Å². The molecule has 0 amide bonds. The van der Waals surface area contributed by atoms with Gasteiger partial charge in [-0.3, -0.25) is 4.79 Å². The van der Waals surface area contributed by atoms with Crippen molar-refractivity contribution in [2.45, 2.75) is 0 Å². The molecule has 0 bridgehead atoms. The third kappa shape index (κ3) is 1.66. The minimum absolute atomic E-state index is 0.428. The lowest BCUT2D eigenvalue weighted by molar-refractivity contribution is 0.108. The Balaban J connectivity index is 2.44. The topological polar surface area (TPSA) is 17.1 Å². The van der Waals surface area contributed by atoms with E-state index in [4.69, 9.17) is 19.4 Å². The van der Waals surface area contributed by atoms with E-state index in [0.29, 0.717) is 10.3 Å². The number of benzene rings is 2. The van der Waals surface area contributed by atoms with Crippen molar-refractivity contribution in [3.63, 3.8) is 0 Å². The van der Waals surface area contributed by atoms with Crippen LogP contribution in [0.5, 0.6) is 0 Å². The van der Waals surface area contributed by atoms with Gasteiger partial charge in [-0.1, -0.05) is 29.7 Å². The van der Waals surface area contributed by atoms with E-state index in [1.54, 1.807) is 0 Å². The Morgan fingerprint density at radius 3 is 2.47 bits per heavy atom. The van der Waals surface area contributed by atoms with Gasteiger partial charge in [0, 0.05) is 4.70 Å². The number of hydrogen-bond acceptors (Lipinski definition) is 2. The molecule has 0 aliphatic rings. The van der Waals surface area contributed by atoms with E-state index >= 15 is 0 Å².